The molecule has 296 valence electrons. The fraction of sp³-hybridized carbons (Fsp3) is 0.0588. The number of ether oxygens (including phenoxy) is 1. The van der Waals surface area contributed by atoms with Crippen LogP contribution in [-0.4, -0.2) is 44.1 Å². The summed E-state index contributed by atoms with van der Waals surface area (Å²) >= 11 is 11.8. The van der Waals surface area contributed by atoms with Crippen molar-refractivity contribution in [1.29, 1.82) is 0 Å². The van der Waals surface area contributed by atoms with Gasteiger partial charge in [-0.3, -0.25) is 30.4 Å². The molecule has 0 bridgehead atoms. The summed E-state index contributed by atoms with van der Waals surface area (Å²) < 4.78 is 104. The van der Waals surface area contributed by atoms with Gasteiger partial charge in [-0.25, -0.2) is 31.2 Å². The third kappa shape index (κ3) is 9.57. The van der Waals surface area contributed by atoms with Crippen molar-refractivity contribution in [2.75, 3.05) is 26.9 Å². The molecular weight excluding hydrogens is 840 g/mol. The van der Waals surface area contributed by atoms with E-state index in [1.54, 1.807) is 0 Å². The molecule has 0 aliphatic carbocycles. The van der Waals surface area contributed by atoms with Crippen LogP contribution in [-0.2, 0) is 26.2 Å². The molecule has 0 fully saturated rings. The molecule has 0 spiro atoms. The first-order valence-electron chi connectivity index (χ1n) is 15.9. The Morgan fingerprint density at radius 3 is 2.05 bits per heavy atom. The SMILES string of the molecule is O=C(NNc1ccc(NS(=O)(=O)c2cccc(NS(=O)(=O)c3ccc(Cl)c(Cl)c3)c2)cc1)n1c(C(F)(F)F)nc2cc(NCOc3ccc([N+](=O)[O-])cc3)ccc21. The molecule has 5 aromatic carbocycles. The largest absolute Gasteiger partial charge is 0.473 e. The number of non-ortho nitro benzene ring substituents is 1. The number of halogens is 5. The van der Waals surface area contributed by atoms with Crippen LogP contribution in [0.1, 0.15) is 5.82 Å². The number of sulfonamides is 2. The maximum atomic E-state index is 14.0. The molecule has 0 aliphatic heterocycles. The highest BCUT2D eigenvalue weighted by Crippen LogP contribution is 2.33. The lowest BCUT2D eigenvalue weighted by Crippen LogP contribution is -2.35. The molecule has 57 heavy (non-hydrogen) atoms. The molecular formula is C34H25Cl2F3N8O8S2. The van der Waals surface area contributed by atoms with Gasteiger partial charge in [0.1, 0.15) is 5.75 Å². The fourth-order valence-electron chi connectivity index (χ4n) is 5.05. The number of fused-ring (bicyclic) bond motifs is 1. The monoisotopic (exact) mass is 864 g/mol. The lowest BCUT2D eigenvalue weighted by atomic mass is 10.3. The number of benzene rings is 5. The van der Waals surface area contributed by atoms with E-state index in [0.29, 0.717) is 16.0 Å². The number of anilines is 4. The number of hydrogen-bond acceptors (Lipinski definition) is 11. The quantitative estimate of drug-likeness (QED) is 0.0427. The van der Waals surface area contributed by atoms with Crippen molar-refractivity contribution in [3.05, 3.63) is 135 Å². The number of nitro groups is 1. The van der Waals surface area contributed by atoms with Crippen molar-refractivity contribution in [3.63, 3.8) is 0 Å². The molecule has 0 saturated carbocycles. The number of imidazole rings is 1. The molecule has 0 aliphatic rings. The Kier molecular flexibility index (Phi) is 11.4. The van der Waals surface area contributed by atoms with Gasteiger partial charge < -0.3 is 10.1 Å². The molecule has 5 N–H and O–H groups in total. The van der Waals surface area contributed by atoms with Crippen molar-refractivity contribution < 1.29 is 44.5 Å². The molecule has 1 aromatic heterocycles. The molecule has 0 atom stereocenters. The van der Waals surface area contributed by atoms with Crippen LogP contribution < -0.4 is 30.3 Å². The van der Waals surface area contributed by atoms with Crippen LogP contribution in [0.5, 0.6) is 5.75 Å². The number of hydrogen-bond donors (Lipinski definition) is 5. The number of nitro benzene ring substituents is 1. The number of carbonyl (C=O) groups is 1. The van der Waals surface area contributed by atoms with E-state index in [2.05, 4.69) is 30.6 Å². The number of nitrogens with zero attached hydrogens (tertiary/aromatic N) is 3. The van der Waals surface area contributed by atoms with Crippen LogP contribution in [0.25, 0.3) is 11.0 Å². The standard InChI is InChI=1S/C34H25Cl2F3N8O8S2/c35-28-14-13-27(18-29(28)36)57(53,54)45-23-2-1-3-26(16-23)56(51,52)44-21-6-4-20(5-7-21)42-43-33(48)46-31-15-8-22(17-30(31)41-32(46)34(37,38)39)40-19-55-25-11-9-24(10-12-25)47(49)50/h1-18,40,42,44-45H,19H2,(H,43,48). The van der Waals surface area contributed by atoms with Crippen LogP contribution in [0.3, 0.4) is 0 Å². The van der Waals surface area contributed by atoms with Crippen molar-refractivity contribution in [3.8, 4) is 5.75 Å². The van der Waals surface area contributed by atoms with Gasteiger partial charge in [0, 0.05) is 23.5 Å². The maximum Gasteiger partial charge on any atom is 0.450 e. The predicted molar refractivity (Wildman–Crippen MR) is 205 cm³/mol. The average molecular weight is 866 g/mol. The Morgan fingerprint density at radius 2 is 1.40 bits per heavy atom. The Hall–Kier alpha value is -6.29. The fourth-order valence-corrected chi connectivity index (χ4v) is 7.60. The minimum atomic E-state index is -5.03. The van der Waals surface area contributed by atoms with Crippen LogP contribution in [0.2, 0.25) is 10.0 Å². The minimum Gasteiger partial charge on any atom is -0.473 e. The summed E-state index contributed by atoms with van der Waals surface area (Å²) in [5.41, 5.74) is 4.59. The highest BCUT2D eigenvalue weighted by atomic mass is 35.5. The number of rotatable bonds is 13. The number of alkyl halides is 3. The van der Waals surface area contributed by atoms with Gasteiger partial charge in [-0.05, 0) is 91.0 Å². The predicted octanol–water partition coefficient (Wildman–Crippen LogP) is 7.90. The van der Waals surface area contributed by atoms with Gasteiger partial charge in [0.25, 0.3) is 25.7 Å². The summed E-state index contributed by atoms with van der Waals surface area (Å²) in [6, 6.07) is 21.8. The van der Waals surface area contributed by atoms with E-state index in [-0.39, 0.29) is 60.3 Å². The molecule has 0 unspecified atom stereocenters. The molecule has 1 amide bonds. The third-order valence-electron chi connectivity index (χ3n) is 7.72. The van der Waals surface area contributed by atoms with Crippen LogP contribution in [0, 0.1) is 10.1 Å². The van der Waals surface area contributed by atoms with E-state index in [0.717, 1.165) is 12.1 Å². The summed E-state index contributed by atoms with van der Waals surface area (Å²) in [6.07, 6.45) is -5.03. The van der Waals surface area contributed by atoms with Gasteiger partial charge in [-0.15, -0.1) is 0 Å². The summed E-state index contributed by atoms with van der Waals surface area (Å²) in [5, 5.41) is 13.8. The molecule has 0 saturated heterocycles. The van der Waals surface area contributed by atoms with Crippen molar-refractivity contribution in [2.45, 2.75) is 16.0 Å². The lowest BCUT2D eigenvalue weighted by Gasteiger charge is -2.14. The van der Waals surface area contributed by atoms with Crippen LogP contribution in [0.4, 0.5) is 46.4 Å². The highest BCUT2D eigenvalue weighted by molar-refractivity contribution is 7.93. The summed E-state index contributed by atoms with van der Waals surface area (Å²) in [4.78, 5) is 26.5. The molecule has 16 nitrogen and oxygen atoms in total. The van der Waals surface area contributed by atoms with Gasteiger partial charge in [0.2, 0.25) is 5.82 Å². The summed E-state index contributed by atoms with van der Waals surface area (Å²) in [6.45, 7) is -0.153. The van der Waals surface area contributed by atoms with E-state index in [1.807, 2.05) is 0 Å². The van der Waals surface area contributed by atoms with Crippen LogP contribution >= 0.6 is 23.2 Å². The normalized spacial score (nSPS) is 11.8. The number of carbonyl (C=O) groups excluding carboxylic acids is 1. The number of hydrazine groups is 1. The number of amides is 1. The van der Waals surface area contributed by atoms with Gasteiger partial charge in [-0.1, -0.05) is 29.3 Å². The highest BCUT2D eigenvalue weighted by Gasteiger charge is 2.39. The second-order valence-electron chi connectivity index (χ2n) is 11.6. The second-order valence-corrected chi connectivity index (χ2v) is 15.8. The van der Waals surface area contributed by atoms with Crippen molar-refractivity contribution in [1.82, 2.24) is 15.0 Å². The molecule has 1 heterocycles. The summed E-state index contributed by atoms with van der Waals surface area (Å²) in [7, 11) is -8.43. The first-order valence-corrected chi connectivity index (χ1v) is 19.6. The first kappa shape index (κ1) is 40.4. The Morgan fingerprint density at radius 1 is 0.772 bits per heavy atom. The zero-order valence-corrected chi connectivity index (χ0v) is 31.6. The van der Waals surface area contributed by atoms with Gasteiger partial charge in [0.05, 0.1) is 47.2 Å². The lowest BCUT2D eigenvalue weighted by molar-refractivity contribution is -0.384. The summed E-state index contributed by atoms with van der Waals surface area (Å²) in [5.74, 6) is -1.21. The second kappa shape index (κ2) is 16.1. The van der Waals surface area contributed by atoms with Crippen LogP contribution in [0.15, 0.2) is 119 Å². The van der Waals surface area contributed by atoms with E-state index in [9.17, 15) is 44.9 Å². The van der Waals surface area contributed by atoms with Gasteiger partial charge in [-0.2, -0.15) is 13.2 Å². The molecule has 23 heteroatoms. The zero-order valence-electron chi connectivity index (χ0n) is 28.4. The maximum absolute atomic E-state index is 14.0. The Bertz CT molecular complexity index is 2720. The van der Waals surface area contributed by atoms with Crippen molar-refractivity contribution >= 4 is 88.7 Å². The minimum absolute atomic E-state index is 0.00275. The number of nitrogens with one attached hydrogen (secondary N) is 5. The molecule has 6 aromatic rings. The first-order chi connectivity index (χ1) is 26.9. The topological polar surface area (TPSA) is 216 Å². The van der Waals surface area contributed by atoms with Gasteiger partial charge >= 0.3 is 12.2 Å². The van der Waals surface area contributed by atoms with E-state index in [4.69, 9.17) is 27.9 Å². The van der Waals surface area contributed by atoms with E-state index >= 15 is 0 Å². The zero-order chi connectivity index (χ0) is 41.1. The van der Waals surface area contributed by atoms with Crippen molar-refractivity contribution in [2.24, 2.45) is 0 Å². The molecule has 6 rings (SSSR count). The van der Waals surface area contributed by atoms with E-state index < -0.39 is 43.0 Å². The molecule has 0 radical (unpaired) electrons. The Balaban J connectivity index is 1.09. The van der Waals surface area contributed by atoms with E-state index in [1.165, 1.54) is 97.1 Å². The van der Waals surface area contributed by atoms with Gasteiger partial charge in [0.15, 0.2) is 6.73 Å². The smallest absolute Gasteiger partial charge is 0.450 e. The number of aromatic nitrogens is 2. The average Bonchev–Trinajstić information content (AvgIpc) is 3.55. The third-order valence-corrected chi connectivity index (χ3v) is 11.2. The Labute approximate surface area is 330 Å².